The van der Waals surface area contributed by atoms with Gasteiger partial charge in [-0.25, -0.2) is 4.83 Å². The van der Waals surface area contributed by atoms with Crippen molar-refractivity contribution in [1.29, 1.82) is 0 Å². The van der Waals surface area contributed by atoms with Crippen LogP contribution in [0.15, 0.2) is 88.9 Å². The molecule has 0 bridgehead atoms. The van der Waals surface area contributed by atoms with Gasteiger partial charge in [0.2, 0.25) is 0 Å². The van der Waals surface area contributed by atoms with E-state index in [4.69, 9.17) is 16.3 Å². The third kappa shape index (κ3) is 5.32. The molecule has 3 aromatic rings. The average Bonchev–Trinajstić information content (AvgIpc) is 2.69. The number of nitrogens with zero attached hydrogens (tertiary/aromatic N) is 1. The molecule has 0 aliphatic carbocycles. The molecule has 0 radical (unpaired) electrons. The average molecular weight is 401 g/mol. The summed E-state index contributed by atoms with van der Waals surface area (Å²) in [6.45, 7) is 0.359. The van der Waals surface area contributed by atoms with Crippen molar-refractivity contribution in [2.24, 2.45) is 5.10 Å². The molecule has 0 saturated heterocycles. The maximum atomic E-state index is 12.2. The van der Waals surface area contributed by atoms with Gasteiger partial charge in [0.05, 0.1) is 11.1 Å². The van der Waals surface area contributed by atoms with Crippen LogP contribution in [0.25, 0.3) is 0 Å². The van der Waals surface area contributed by atoms with Gasteiger partial charge in [0.15, 0.2) is 0 Å². The molecule has 0 spiro atoms. The first-order chi connectivity index (χ1) is 13.0. The maximum absolute atomic E-state index is 12.2. The fourth-order valence-corrected chi connectivity index (χ4v) is 3.22. The van der Waals surface area contributed by atoms with Crippen molar-refractivity contribution >= 4 is 27.8 Å². The van der Waals surface area contributed by atoms with E-state index in [1.807, 2.05) is 24.3 Å². The molecule has 0 heterocycles. The van der Waals surface area contributed by atoms with Crippen LogP contribution in [-0.4, -0.2) is 14.6 Å². The van der Waals surface area contributed by atoms with Gasteiger partial charge < -0.3 is 4.74 Å². The summed E-state index contributed by atoms with van der Waals surface area (Å²) >= 11 is 5.88. The first-order valence-electron chi connectivity index (χ1n) is 8.11. The zero-order chi connectivity index (χ0) is 19.1. The molecule has 0 saturated carbocycles. The predicted molar refractivity (Wildman–Crippen MR) is 107 cm³/mol. The van der Waals surface area contributed by atoms with Gasteiger partial charge in [-0.15, -0.1) is 0 Å². The van der Waals surface area contributed by atoms with Crippen molar-refractivity contribution in [3.05, 3.63) is 95.0 Å². The van der Waals surface area contributed by atoms with Crippen molar-refractivity contribution < 1.29 is 13.2 Å². The number of hydrogen-bond acceptors (Lipinski definition) is 4. The second-order valence-electron chi connectivity index (χ2n) is 5.62. The van der Waals surface area contributed by atoms with Crippen LogP contribution in [0.3, 0.4) is 0 Å². The highest BCUT2D eigenvalue weighted by molar-refractivity contribution is 7.89. The summed E-state index contributed by atoms with van der Waals surface area (Å²) < 4.78 is 30.2. The number of rotatable bonds is 7. The molecule has 7 heteroatoms. The van der Waals surface area contributed by atoms with Gasteiger partial charge in [-0.3, -0.25) is 0 Å². The summed E-state index contributed by atoms with van der Waals surface area (Å²) in [4.78, 5) is 2.35. The maximum Gasteiger partial charge on any atom is 0.276 e. The molecule has 0 aliphatic heterocycles. The molecule has 27 heavy (non-hydrogen) atoms. The number of sulfonamides is 1. The number of hydrogen-bond donors (Lipinski definition) is 1. The monoisotopic (exact) mass is 400 g/mol. The summed E-state index contributed by atoms with van der Waals surface area (Å²) in [7, 11) is -3.70. The molecule has 0 aromatic heterocycles. The normalized spacial score (nSPS) is 11.4. The Kier molecular flexibility index (Phi) is 6.11. The lowest BCUT2D eigenvalue weighted by molar-refractivity contribution is 0.306. The van der Waals surface area contributed by atoms with Crippen LogP contribution >= 0.6 is 11.6 Å². The summed E-state index contributed by atoms with van der Waals surface area (Å²) in [5, 5.41) is 4.52. The standard InChI is InChI=1S/C20H17ClN2O3S/c21-18-12-10-16(11-13-18)15-26-20-9-5-4-6-17(20)14-22-23-27(24,25)19-7-2-1-3-8-19/h1-14,23H,15H2/b22-14+. The summed E-state index contributed by atoms with van der Waals surface area (Å²) in [6, 6.07) is 22.7. The molecule has 5 nitrogen and oxygen atoms in total. The zero-order valence-corrected chi connectivity index (χ0v) is 15.8. The van der Waals surface area contributed by atoms with Gasteiger partial charge in [0, 0.05) is 10.6 Å². The van der Waals surface area contributed by atoms with E-state index in [2.05, 4.69) is 9.93 Å². The lowest BCUT2D eigenvalue weighted by Crippen LogP contribution is -2.18. The van der Waals surface area contributed by atoms with Crippen LogP contribution in [0.2, 0.25) is 5.02 Å². The van der Waals surface area contributed by atoms with Gasteiger partial charge in [-0.1, -0.05) is 54.1 Å². The van der Waals surface area contributed by atoms with Crippen LogP contribution in [-0.2, 0) is 16.6 Å². The van der Waals surface area contributed by atoms with E-state index in [1.54, 1.807) is 42.5 Å². The minimum absolute atomic E-state index is 0.148. The number of ether oxygens (including phenoxy) is 1. The molecule has 0 unspecified atom stereocenters. The highest BCUT2D eigenvalue weighted by Crippen LogP contribution is 2.18. The minimum Gasteiger partial charge on any atom is -0.488 e. The molecule has 1 N–H and O–H groups in total. The first-order valence-corrected chi connectivity index (χ1v) is 9.97. The number of benzene rings is 3. The van der Waals surface area contributed by atoms with Crippen molar-refractivity contribution in [1.82, 2.24) is 4.83 Å². The van der Waals surface area contributed by atoms with Crippen molar-refractivity contribution in [2.75, 3.05) is 0 Å². The molecule has 0 fully saturated rings. The number of hydrazone groups is 1. The fraction of sp³-hybridized carbons (Fsp3) is 0.0500. The van der Waals surface area contributed by atoms with E-state index in [0.717, 1.165) is 5.56 Å². The Morgan fingerprint density at radius 2 is 1.59 bits per heavy atom. The van der Waals surface area contributed by atoms with Crippen LogP contribution in [0, 0.1) is 0 Å². The van der Waals surface area contributed by atoms with Crippen molar-refractivity contribution in [2.45, 2.75) is 11.5 Å². The van der Waals surface area contributed by atoms with Crippen LogP contribution < -0.4 is 9.57 Å². The summed E-state index contributed by atoms with van der Waals surface area (Å²) in [6.07, 6.45) is 1.41. The number of para-hydroxylation sites is 1. The quantitative estimate of drug-likeness (QED) is 0.476. The Morgan fingerprint density at radius 1 is 0.926 bits per heavy atom. The highest BCUT2D eigenvalue weighted by Gasteiger charge is 2.11. The van der Waals surface area contributed by atoms with Crippen LogP contribution in [0.5, 0.6) is 5.75 Å². The van der Waals surface area contributed by atoms with E-state index in [1.165, 1.54) is 18.3 Å². The number of nitrogens with one attached hydrogen (secondary N) is 1. The molecular formula is C20H17ClN2O3S. The topological polar surface area (TPSA) is 67.8 Å². The molecule has 0 atom stereocenters. The van der Waals surface area contributed by atoms with Gasteiger partial charge in [-0.05, 0) is 42.0 Å². The van der Waals surface area contributed by atoms with Gasteiger partial charge in [-0.2, -0.15) is 13.5 Å². The molecule has 3 aromatic carbocycles. The lowest BCUT2D eigenvalue weighted by atomic mass is 10.2. The Hall–Kier alpha value is -2.83. The Bertz CT molecular complexity index is 1020. The minimum atomic E-state index is -3.70. The van der Waals surface area contributed by atoms with E-state index in [9.17, 15) is 8.42 Å². The number of halogens is 1. The van der Waals surface area contributed by atoms with Crippen LogP contribution in [0.1, 0.15) is 11.1 Å². The Labute approximate surface area is 163 Å². The van der Waals surface area contributed by atoms with Crippen molar-refractivity contribution in [3.8, 4) is 5.75 Å². The molecule has 138 valence electrons. The second-order valence-corrected chi connectivity index (χ2v) is 7.72. The van der Waals surface area contributed by atoms with Crippen LogP contribution in [0.4, 0.5) is 0 Å². The van der Waals surface area contributed by atoms with Gasteiger partial charge >= 0.3 is 0 Å². The first kappa shape index (κ1) is 18.9. The van der Waals surface area contributed by atoms with E-state index >= 15 is 0 Å². The predicted octanol–water partition coefficient (Wildman–Crippen LogP) is 4.23. The van der Waals surface area contributed by atoms with Gasteiger partial charge in [0.1, 0.15) is 12.4 Å². The molecule has 0 amide bonds. The van der Waals surface area contributed by atoms with E-state index in [0.29, 0.717) is 22.9 Å². The molecule has 3 rings (SSSR count). The molecular weight excluding hydrogens is 384 g/mol. The molecule has 0 aliphatic rings. The third-order valence-electron chi connectivity index (χ3n) is 3.66. The van der Waals surface area contributed by atoms with Crippen molar-refractivity contribution in [3.63, 3.8) is 0 Å². The van der Waals surface area contributed by atoms with E-state index < -0.39 is 10.0 Å². The third-order valence-corrected chi connectivity index (χ3v) is 5.15. The second kappa shape index (κ2) is 8.70. The van der Waals surface area contributed by atoms with Gasteiger partial charge in [0.25, 0.3) is 10.0 Å². The SMILES string of the molecule is O=S(=O)(N/N=C/c1ccccc1OCc1ccc(Cl)cc1)c1ccccc1. The smallest absolute Gasteiger partial charge is 0.276 e. The lowest BCUT2D eigenvalue weighted by Gasteiger charge is -2.09. The highest BCUT2D eigenvalue weighted by atomic mass is 35.5. The Balaban J connectivity index is 1.68. The summed E-state index contributed by atoms with van der Waals surface area (Å²) in [5.41, 5.74) is 1.62. The van der Waals surface area contributed by atoms with E-state index in [-0.39, 0.29) is 4.90 Å². The largest absolute Gasteiger partial charge is 0.488 e. The summed E-state index contributed by atoms with van der Waals surface area (Å²) in [5.74, 6) is 0.593. The Morgan fingerprint density at radius 3 is 2.33 bits per heavy atom. The fourth-order valence-electron chi connectivity index (χ4n) is 2.28. The zero-order valence-electron chi connectivity index (χ0n) is 14.2.